The third-order valence-corrected chi connectivity index (χ3v) is 1.98. The first kappa shape index (κ1) is 12.3. The van der Waals surface area contributed by atoms with Crippen molar-refractivity contribution in [1.82, 2.24) is 5.32 Å². The highest BCUT2D eigenvalue weighted by atomic mass is 32.1. The van der Waals surface area contributed by atoms with Gasteiger partial charge in [0.25, 0.3) is 5.69 Å². The second kappa shape index (κ2) is 5.99. The minimum atomic E-state index is -0.466. The molecule has 86 valence electrons. The summed E-state index contributed by atoms with van der Waals surface area (Å²) in [6.07, 6.45) is 0. The van der Waals surface area contributed by atoms with Crippen LogP contribution in [0.3, 0.4) is 0 Å². The lowest BCUT2D eigenvalue weighted by atomic mass is 10.3. The highest BCUT2D eigenvalue weighted by Crippen LogP contribution is 2.14. The summed E-state index contributed by atoms with van der Waals surface area (Å²) in [5.74, 6) is 0. The van der Waals surface area contributed by atoms with E-state index in [-0.39, 0.29) is 12.3 Å². The number of aliphatic hydroxyl groups is 1. The zero-order valence-electron chi connectivity index (χ0n) is 8.34. The van der Waals surface area contributed by atoms with Crippen LogP contribution in [-0.2, 0) is 0 Å². The lowest BCUT2D eigenvalue weighted by Gasteiger charge is -2.08. The van der Waals surface area contributed by atoms with Crippen molar-refractivity contribution in [2.24, 2.45) is 0 Å². The number of nitrogens with zero attached hydrogens (tertiary/aromatic N) is 1. The molecular weight excluding hydrogens is 230 g/mol. The highest BCUT2D eigenvalue weighted by molar-refractivity contribution is 7.80. The maximum absolute atomic E-state index is 10.4. The number of nitrogens with one attached hydrogen (secondary N) is 2. The largest absolute Gasteiger partial charge is 0.395 e. The number of thiocarbonyl (C=S) groups is 1. The van der Waals surface area contributed by atoms with E-state index in [0.717, 1.165) is 0 Å². The van der Waals surface area contributed by atoms with E-state index in [9.17, 15) is 10.1 Å². The average molecular weight is 241 g/mol. The molecule has 0 unspecified atom stereocenters. The van der Waals surface area contributed by atoms with Gasteiger partial charge in [-0.25, -0.2) is 0 Å². The van der Waals surface area contributed by atoms with Crippen LogP contribution in [-0.4, -0.2) is 28.3 Å². The molecule has 0 spiro atoms. The smallest absolute Gasteiger partial charge is 0.269 e. The molecule has 0 fully saturated rings. The molecule has 16 heavy (non-hydrogen) atoms. The fraction of sp³-hybridized carbons (Fsp3) is 0.222. The molecule has 0 bridgehead atoms. The zero-order chi connectivity index (χ0) is 12.0. The zero-order valence-corrected chi connectivity index (χ0v) is 9.16. The van der Waals surface area contributed by atoms with Gasteiger partial charge in [0, 0.05) is 24.4 Å². The van der Waals surface area contributed by atoms with E-state index in [2.05, 4.69) is 10.6 Å². The molecule has 0 aliphatic heterocycles. The quantitative estimate of drug-likeness (QED) is 0.412. The Kier molecular flexibility index (Phi) is 4.62. The van der Waals surface area contributed by atoms with Crippen LogP contribution in [0, 0.1) is 10.1 Å². The van der Waals surface area contributed by atoms with E-state index in [1.54, 1.807) is 12.1 Å². The fourth-order valence-electron chi connectivity index (χ4n) is 1.01. The summed E-state index contributed by atoms with van der Waals surface area (Å²) in [6, 6.07) is 5.89. The summed E-state index contributed by atoms with van der Waals surface area (Å²) >= 11 is 4.92. The maximum Gasteiger partial charge on any atom is 0.269 e. The van der Waals surface area contributed by atoms with Gasteiger partial charge in [0.15, 0.2) is 5.11 Å². The van der Waals surface area contributed by atoms with Crippen molar-refractivity contribution in [1.29, 1.82) is 0 Å². The van der Waals surface area contributed by atoms with E-state index in [1.807, 2.05) is 0 Å². The Hall–Kier alpha value is -1.73. The van der Waals surface area contributed by atoms with E-state index < -0.39 is 4.92 Å². The van der Waals surface area contributed by atoms with Gasteiger partial charge in [-0.1, -0.05) is 0 Å². The first-order valence-corrected chi connectivity index (χ1v) is 4.94. The van der Waals surface area contributed by atoms with Gasteiger partial charge in [-0.2, -0.15) is 0 Å². The van der Waals surface area contributed by atoms with Gasteiger partial charge >= 0.3 is 0 Å². The summed E-state index contributed by atoms with van der Waals surface area (Å²) < 4.78 is 0. The Balaban J connectivity index is 2.55. The number of anilines is 1. The Labute approximate surface area is 97.4 Å². The molecule has 0 aliphatic rings. The molecule has 0 aromatic heterocycles. The van der Waals surface area contributed by atoms with Gasteiger partial charge in [0.05, 0.1) is 11.5 Å². The van der Waals surface area contributed by atoms with Crippen molar-refractivity contribution in [2.45, 2.75) is 0 Å². The van der Waals surface area contributed by atoms with Gasteiger partial charge in [0.1, 0.15) is 0 Å². The number of rotatable bonds is 4. The number of benzene rings is 1. The van der Waals surface area contributed by atoms with Crippen LogP contribution in [0.2, 0.25) is 0 Å². The van der Waals surface area contributed by atoms with Crippen LogP contribution >= 0.6 is 12.2 Å². The van der Waals surface area contributed by atoms with Crippen LogP contribution in [0.5, 0.6) is 0 Å². The number of nitro benzene ring substituents is 1. The van der Waals surface area contributed by atoms with Crippen LogP contribution in [0.15, 0.2) is 24.3 Å². The Bertz CT molecular complexity index is 380. The fourth-order valence-corrected chi connectivity index (χ4v) is 1.23. The maximum atomic E-state index is 10.4. The Morgan fingerprint density at radius 2 is 2.06 bits per heavy atom. The molecule has 0 saturated heterocycles. The second-order valence-corrected chi connectivity index (χ2v) is 3.32. The summed E-state index contributed by atoms with van der Waals surface area (Å²) in [4.78, 5) is 9.93. The van der Waals surface area contributed by atoms with Gasteiger partial charge < -0.3 is 15.7 Å². The standard InChI is InChI=1S/C9H11N3O3S/c13-6-5-10-9(16)11-7-1-3-8(4-2-7)12(14)15/h1-4,13H,5-6H2,(H2,10,11,16). The Morgan fingerprint density at radius 3 is 2.56 bits per heavy atom. The SMILES string of the molecule is O=[N+]([O-])c1ccc(NC(=S)NCCO)cc1. The van der Waals surface area contributed by atoms with E-state index >= 15 is 0 Å². The predicted octanol–water partition coefficient (Wildman–Crippen LogP) is 0.873. The van der Waals surface area contributed by atoms with E-state index in [1.165, 1.54) is 12.1 Å². The summed E-state index contributed by atoms with van der Waals surface area (Å²) in [6.45, 7) is 0.348. The molecule has 1 rings (SSSR count). The first-order chi connectivity index (χ1) is 7.63. The number of hydrogen-bond donors (Lipinski definition) is 3. The van der Waals surface area contributed by atoms with Gasteiger partial charge in [0.2, 0.25) is 0 Å². The highest BCUT2D eigenvalue weighted by Gasteiger charge is 2.04. The predicted molar refractivity (Wildman–Crippen MR) is 64.4 cm³/mol. The molecule has 0 aliphatic carbocycles. The van der Waals surface area contributed by atoms with Crippen molar-refractivity contribution in [3.8, 4) is 0 Å². The molecule has 0 saturated carbocycles. The monoisotopic (exact) mass is 241 g/mol. The van der Waals surface area contributed by atoms with E-state index in [4.69, 9.17) is 17.3 Å². The minimum absolute atomic E-state index is 0.0118. The second-order valence-electron chi connectivity index (χ2n) is 2.91. The number of nitro groups is 1. The van der Waals surface area contributed by atoms with Crippen molar-refractivity contribution in [3.05, 3.63) is 34.4 Å². The average Bonchev–Trinajstić information content (AvgIpc) is 2.27. The van der Waals surface area contributed by atoms with E-state index in [0.29, 0.717) is 17.3 Å². The van der Waals surface area contributed by atoms with Crippen LogP contribution in [0.1, 0.15) is 0 Å². The minimum Gasteiger partial charge on any atom is -0.395 e. The van der Waals surface area contributed by atoms with Crippen molar-refractivity contribution < 1.29 is 10.0 Å². The number of aliphatic hydroxyl groups excluding tert-OH is 1. The number of hydrogen-bond acceptors (Lipinski definition) is 4. The molecule has 7 heteroatoms. The normalized spacial score (nSPS) is 9.56. The van der Waals surface area contributed by atoms with Crippen molar-refractivity contribution >= 4 is 28.7 Å². The lowest BCUT2D eigenvalue weighted by Crippen LogP contribution is -2.30. The molecular formula is C9H11N3O3S. The molecule has 6 nitrogen and oxygen atoms in total. The van der Waals surface area contributed by atoms with Crippen LogP contribution < -0.4 is 10.6 Å². The summed E-state index contributed by atoms with van der Waals surface area (Å²) in [5.41, 5.74) is 0.681. The molecule has 0 atom stereocenters. The Morgan fingerprint density at radius 1 is 1.44 bits per heavy atom. The first-order valence-electron chi connectivity index (χ1n) is 4.53. The van der Waals surface area contributed by atoms with Crippen molar-refractivity contribution in [3.63, 3.8) is 0 Å². The number of non-ortho nitro benzene ring substituents is 1. The van der Waals surface area contributed by atoms with Crippen LogP contribution in [0.4, 0.5) is 11.4 Å². The van der Waals surface area contributed by atoms with Gasteiger partial charge in [-0.3, -0.25) is 10.1 Å². The lowest BCUT2D eigenvalue weighted by molar-refractivity contribution is -0.384. The molecule has 3 N–H and O–H groups in total. The summed E-state index contributed by atoms with van der Waals surface area (Å²) in [5, 5.41) is 24.9. The third kappa shape index (κ3) is 3.79. The topological polar surface area (TPSA) is 87.4 Å². The van der Waals surface area contributed by atoms with Crippen molar-refractivity contribution in [2.75, 3.05) is 18.5 Å². The molecule has 0 amide bonds. The van der Waals surface area contributed by atoms with Gasteiger partial charge in [-0.05, 0) is 24.4 Å². The molecule has 1 aromatic rings. The summed E-state index contributed by atoms with van der Waals surface area (Å²) in [7, 11) is 0. The van der Waals surface area contributed by atoms with Crippen LogP contribution in [0.25, 0.3) is 0 Å². The third-order valence-electron chi connectivity index (χ3n) is 1.73. The van der Waals surface area contributed by atoms with Gasteiger partial charge in [-0.15, -0.1) is 0 Å². The molecule has 0 radical (unpaired) electrons. The molecule has 1 aromatic carbocycles. The molecule has 0 heterocycles.